The molecule has 2 rings (SSSR count). The second-order valence-corrected chi connectivity index (χ2v) is 6.13. The summed E-state index contributed by atoms with van der Waals surface area (Å²) in [6, 6.07) is -1.09. The Kier molecular flexibility index (Phi) is 5.39. The Morgan fingerprint density at radius 3 is 2.68 bits per heavy atom. The zero-order chi connectivity index (χ0) is 16.3. The Hall–Kier alpha value is -1.63. The predicted molar refractivity (Wildman–Crippen MR) is 79.8 cm³/mol. The van der Waals surface area contributed by atoms with Crippen molar-refractivity contribution in [1.29, 1.82) is 0 Å². The number of aliphatic hydroxyl groups is 1. The molecule has 0 aromatic carbocycles. The molecule has 0 unspecified atom stereocenters. The molecular weight excluding hydrogens is 286 g/mol. The molecule has 0 aliphatic carbocycles. The molecule has 3 N–H and O–H groups in total. The van der Waals surface area contributed by atoms with E-state index in [0.29, 0.717) is 19.3 Å². The first kappa shape index (κ1) is 16.7. The molecule has 0 radical (unpaired) electrons. The van der Waals surface area contributed by atoms with E-state index in [4.69, 9.17) is 0 Å². The highest BCUT2D eigenvalue weighted by Gasteiger charge is 2.48. The molecular formula is C15H25N3O4. The third-order valence-corrected chi connectivity index (χ3v) is 4.73. The molecule has 7 nitrogen and oxygen atoms in total. The van der Waals surface area contributed by atoms with Crippen LogP contribution in [0.4, 0.5) is 0 Å². The minimum Gasteiger partial charge on any atom is -0.396 e. The molecule has 0 aromatic heterocycles. The van der Waals surface area contributed by atoms with Gasteiger partial charge in [0.2, 0.25) is 17.7 Å². The first-order chi connectivity index (χ1) is 10.5. The lowest BCUT2D eigenvalue weighted by Gasteiger charge is -2.31. The molecule has 0 saturated carbocycles. The van der Waals surface area contributed by atoms with E-state index in [0.717, 1.165) is 12.8 Å². The number of carbonyl (C=O) groups excluding carboxylic acids is 3. The van der Waals surface area contributed by atoms with Crippen LogP contribution in [0.2, 0.25) is 0 Å². The highest BCUT2D eigenvalue weighted by molar-refractivity contribution is 5.92. The van der Waals surface area contributed by atoms with Crippen molar-refractivity contribution in [1.82, 2.24) is 15.5 Å². The fourth-order valence-corrected chi connectivity index (χ4v) is 3.80. The zero-order valence-electron chi connectivity index (χ0n) is 13.2. The SMILES string of the molecule is CNC(=O)[C@@H]1C[C@H](CCO)[C@H]2CCC[C@H](NC(C)=O)C(=O)N21. The monoisotopic (exact) mass is 311 g/mol. The summed E-state index contributed by atoms with van der Waals surface area (Å²) in [4.78, 5) is 37.9. The van der Waals surface area contributed by atoms with Crippen LogP contribution in [0.3, 0.4) is 0 Å². The molecule has 0 aromatic rings. The maximum atomic E-state index is 12.8. The summed E-state index contributed by atoms with van der Waals surface area (Å²) < 4.78 is 0. The van der Waals surface area contributed by atoms with E-state index in [1.165, 1.54) is 6.92 Å². The number of carbonyl (C=O) groups is 3. The Labute approximate surface area is 130 Å². The van der Waals surface area contributed by atoms with Crippen molar-refractivity contribution in [2.75, 3.05) is 13.7 Å². The number of fused-ring (bicyclic) bond motifs is 1. The van der Waals surface area contributed by atoms with Crippen molar-refractivity contribution in [2.24, 2.45) is 5.92 Å². The van der Waals surface area contributed by atoms with E-state index < -0.39 is 12.1 Å². The Morgan fingerprint density at radius 1 is 1.36 bits per heavy atom. The van der Waals surface area contributed by atoms with E-state index in [2.05, 4.69) is 10.6 Å². The molecule has 2 aliphatic heterocycles. The maximum Gasteiger partial charge on any atom is 0.246 e. The van der Waals surface area contributed by atoms with Crippen LogP contribution >= 0.6 is 0 Å². The lowest BCUT2D eigenvalue weighted by molar-refractivity contribution is -0.142. The molecule has 22 heavy (non-hydrogen) atoms. The summed E-state index contributed by atoms with van der Waals surface area (Å²) in [5.41, 5.74) is 0. The van der Waals surface area contributed by atoms with Crippen LogP contribution in [-0.4, -0.2) is 59.5 Å². The van der Waals surface area contributed by atoms with Crippen molar-refractivity contribution in [2.45, 2.75) is 57.2 Å². The molecule has 3 amide bonds. The van der Waals surface area contributed by atoms with Crippen molar-refractivity contribution in [3.63, 3.8) is 0 Å². The van der Waals surface area contributed by atoms with Gasteiger partial charge in [-0.15, -0.1) is 0 Å². The van der Waals surface area contributed by atoms with Gasteiger partial charge in [0.25, 0.3) is 0 Å². The minimum absolute atomic E-state index is 0.0271. The molecule has 2 saturated heterocycles. The first-order valence-corrected chi connectivity index (χ1v) is 7.91. The number of likely N-dealkylation sites (N-methyl/N-ethyl adjacent to an activating group) is 1. The first-order valence-electron chi connectivity index (χ1n) is 7.91. The molecule has 2 aliphatic rings. The molecule has 2 fully saturated rings. The zero-order valence-corrected chi connectivity index (χ0v) is 13.2. The molecule has 4 atom stereocenters. The minimum atomic E-state index is -0.553. The standard InChI is InChI=1S/C15H25N3O4/c1-9(20)17-11-4-3-5-12-10(6-7-19)8-13(14(21)16-2)18(12)15(11)22/h10-13,19H,3-8H2,1-2H3,(H,16,21)(H,17,20)/t10-,11-,12+,13-/m0/s1. The van der Waals surface area contributed by atoms with Crippen molar-refractivity contribution in [3.8, 4) is 0 Å². The van der Waals surface area contributed by atoms with Gasteiger partial charge in [0.15, 0.2) is 0 Å². The average Bonchev–Trinajstić information content (AvgIpc) is 2.75. The quantitative estimate of drug-likeness (QED) is 0.645. The number of nitrogens with zero attached hydrogens (tertiary/aromatic N) is 1. The highest BCUT2D eigenvalue weighted by atomic mass is 16.3. The summed E-state index contributed by atoms with van der Waals surface area (Å²) in [7, 11) is 1.56. The summed E-state index contributed by atoms with van der Waals surface area (Å²) in [6.45, 7) is 1.45. The maximum absolute atomic E-state index is 12.8. The van der Waals surface area contributed by atoms with Crippen LogP contribution in [0.5, 0.6) is 0 Å². The van der Waals surface area contributed by atoms with Gasteiger partial charge in [0.1, 0.15) is 12.1 Å². The van der Waals surface area contributed by atoms with Crippen molar-refractivity contribution in [3.05, 3.63) is 0 Å². The smallest absolute Gasteiger partial charge is 0.246 e. The van der Waals surface area contributed by atoms with Crippen LogP contribution in [-0.2, 0) is 14.4 Å². The van der Waals surface area contributed by atoms with Gasteiger partial charge in [-0.1, -0.05) is 0 Å². The van der Waals surface area contributed by atoms with Crippen LogP contribution < -0.4 is 10.6 Å². The van der Waals surface area contributed by atoms with Crippen LogP contribution in [0.25, 0.3) is 0 Å². The van der Waals surface area contributed by atoms with Crippen LogP contribution in [0, 0.1) is 5.92 Å². The van der Waals surface area contributed by atoms with E-state index >= 15 is 0 Å². The largest absolute Gasteiger partial charge is 0.396 e. The number of hydrogen-bond donors (Lipinski definition) is 3. The lowest BCUT2D eigenvalue weighted by Crippen LogP contribution is -2.54. The molecule has 2 heterocycles. The fourth-order valence-electron chi connectivity index (χ4n) is 3.80. The van der Waals surface area contributed by atoms with Gasteiger partial charge in [-0.25, -0.2) is 0 Å². The van der Waals surface area contributed by atoms with Gasteiger partial charge >= 0.3 is 0 Å². The molecule has 0 spiro atoms. The van der Waals surface area contributed by atoms with E-state index in [-0.39, 0.29) is 36.3 Å². The van der Waals surface area contributed by atoms with Crippen molar-refractivity contribution < 1.29 is 19.5 Å². The van der Waals surface area contributed by atoms with Gasteiger partial charge < -0.3 is 20.6 Å². The van der Waals surface area contributed by atoms with Gasteiger partial charge in [-0.05, 0) is 38.0 Å². The van der Waals surface area contributed by atoms with Crippen LogP contribution in [0.15, 0.2) is 0 Å². The fraction of sp³-hybridized carbons (Fsp3) is 0.800. The van der Waals surface area contributed by atoms with Gasteiger partial charge in [-0.2, -0.15) is 0 Å². The van der Waals surface area contributed by atoms with Gasteiger partial charge in [0.05, 0.1) is 0 Å². The summed E-state index contributed by atoms with van der Waals surface area (Å²) in [6.07, 6.45) is 3.38. The number of hydrogen-bond acceptors (Lipinski definition) is 4. The number of aliphatic hydroxyl groups excluding tert-OH is 1. The third kappa shape index (κ3) is 3.24. The molecule has 124 valence electrons. The Balaban J connectivity index is 2.26. The van der Waals surface area contributed by atoms with Gasteiger partial charge in [0, 0.05) is 26.6 Å². The van der Waals surface area contributed by atoms with E-state index in [1.54, 1.807) is 11.9 Å². The normalized spacial score (nSPS) is 31.4. The number of nitrogens with one attached hydrogen (secondary N) is 2. The third-order valence-electron chi connectivity index (χ3n) is 4.73. The lowest BCUT2D eigenvalue weighted by atomic mass is 9.92. The summed E-state index contributed by atoms with van der Waals surface area (Å²) in [5.74, 6) is -0.458. The second-order valence-electron chi connectivity index (χ2n) is 6.13. The average molecular weight is 311 g/mol. The highest BCUT2D eigenvalue weighted by Crippen LogP contribution is 2.37. The number of rotatable bonds is 4. The number of amides is 3. The topological polar surface area (TPSA) is 98.7 Å². The van der Waals surface area contributed by atoms with Crippen LogP contribution in [0.1, 0.15) is 39.0 Å². The van der Waals surface area contributed by atoms with E-state index in [1.807, 2.05) is 0 Å². The van der Waals surface area contributed by atoms with Crippen molar-refractivity contribution >= 4 is 17.7 Å². The Bertz CT molecular complexity index is 454. The second kappa shape index (κ2) is 7.09. The predicted octanol–water partition coefficient (Wildman–Crippen LogP) is -0.611. The molecule has 7 heteroatoms. The summed E-state index contributed by atoms with van der Waals surface area (Å²) >= 11 is 0. The van der Waals surface area contributed by atoms with Gasteiger partial charge in [-0.3, -0.25) is 14.4 Å². The molecule has 0 bridgehead atoms. The Morgan fingerprint density at radius 2 is 2.09 bits per heavy atom. The summed E-state index contributed by atoms with van der Waals surface area (Å²) in [5, 5.41) is 14.6. The van der Waals surface area contributed by atoms with E-state index in [9.17, 15) is 19.5 Å².